The van der Waals surface area contributed by atoms with Gasteiger partial charge in [-0.25, -0.2) is 0 Å². The predicted molar refractivity (Wildman–Crippen MR) is 76.3 cm³/mol. The third-order valence-electron chi connectivity index (χ3n) is 2.97. The Hall–Kier alpha value is -3.69. The van der Waals surface area contributed by atoms with Gasteiger partial charge in [-0.3, -0.25) is 25.2 Å². The second kappa shape index (κ2) is 5.60. The van der Waals surface area contributed by atoms with E-state index in [0.29, 0.717) is 5.56 Å². The lowest BCUT2D eigenvalue weighted by Gasteiger charge is -1.98. The van der Waals surface area contributed by atoms with Crippen LogP contribution >= 0.6 is 0 Å². The first kappa shape index (κ1) is 14.3. The normalized spacial score (nSPS) is 10.4. The highest BCUT2D eigenvalue weighted by Gasteiger charge is 2.24. The SMILES string of the molecule is O=[N+]([O-])c1ccc(-c2nc(-c3cccnc3)no2)c([N+](=O)[O-])c1. The molecule has 0 aliphatic rings. The van der Waals surface area contributed by atoms with E-state index in [-0.39, 0.29) is 17.3 Å². The molecule has 0 spiro atoms. The minimum absolute atomic E-state index is 0.00300. The third-order valence-corrected chi connectivity index (χ3v) is 2.97. The van der Waals surface area contributed by atoms with Crippen LogP contribution in [0, 0.1) is 20.2 Å². The summed E-state index contributed by atoms with van der Waals surface area (Å²) in [7, 11) is 0. The van der Waals surface area contributed by atoms with Gasteiger partial charge in [0.05, 0.1) is 15.9 Å². The van der Waals surface area contributed by atoms with Gasteiger partial charge in [0.25, 0.3) is 17.3 Å². The van der Waals surface area contributed by atoms with Crippen LogP contribution in [0.5, 0.6) is 0 Å². The van der Waals surface area contributed by atoms with E-state index in [4.69, 9.17) is 4.52 Å². The first-order valence-electron chi connectivity index (χ1n) is 6.23. The summed E-state index contributed by atoms with van der Waals surface area (Å²) in [5, 5.41) is 25.6. The Kier molecular flexibility index (Phi) is 3.47. The zero-order chi connectivity index (χ0) is 16.4. The van der Waals surface area contributed by atoms with E-state index >= 15 is 0 Å². The summed E-state index contributed by atoms with van der Waals surface area (Å²) >= 11 is 0. The molecule has 0 aliphatic heterocycles. The molecule has 1 aromatic carbocycles. The molecule has 0 amide bonds. The highest BCUT2D eigenvalue weighted by atomic mass is 16.6. The van der Waals surface area contributed by atoms with Crippen molar-refractivity contribution in [1.29, 1.82) is 0 Å². The van der Waals surface area contributed by atoms with Crippen LogP contribution < -0.4 is 0 Å². The van der Waals surface area contributed by atoms with E-state index in [1.807, 2.05) is 0 Å². The van der Waals surface area contributed by atoms with E-state index in [1.165, 1.54) is 12.3 Å². The summed E-state index contributed by atoms with van der Waals surface area (Å²) in [6, 6.07) is 6.57. The Morgan fingerprint density at radius 3 is 2.57 bits per heavy atom. The first-order chi connectivity index (χ1) is 11.1. The minimum atomic E-state index is -0.740. The number of rotatable bonds is 4. The fourth-order valence-corrected chi connectivity index (χ4v) is 1.91. The number of nitro benzene ring substituents is 2. The molecule has 0 radical (unpaired) electrons. The maximum atomic E-state index is 11.1. The zero-order valence-electron chi connectivity index (χ0n) is 11.3. The molecule has 0 unspecified atom stereocenters. The molecule has 0 N–H and O–H groups in total. The molecular weight excluding hydrogens is 306 g/mol. The van der Waals surface area contributed by atoms with Gasteiger partial charge in [0.1, 0.15) is 5.56 Å². The number of aromatic nitrogens is 3. The van der Waals surface area contributed by atoms with E-state index < -0.39 is 21.2 Å². The second-order valence-corrected chi connectivity index (χ2v) is 4.38. The molecule has 0 fully saturated rings. The van der Waals surface area contributed by atoms with Gasteiger partial charge in [0.2, 0.25) is 5.82 Å². The molecule has 0 atom stereocenters. The monoisotopic (exact) mass is 313 g/mol. The van der Waals surface area contributed by atoms with Gasteiger partial charge in [0.15, 0.2) is 0 Å². The first-order valence-corrected chi connectivity index (χ1v) is 6.23. The minimum Gasteiger partial charge on any atom is -0.333 e. The molecule has 0 saturated heterocycles. The Morgan fingerprint density at radius 2 is 1.91 bits per heavy atom. The van der Waals surface area contributed by atoms with Crippen LogP contribution in [0.1, 0.15) is 0 Å². The predicted octanol–water partition coefficient (Wildman–Crippen LogP) is 2.62. The van der Waals surface area contributed by atoms with Crippen molar-refractivity contribution in [1.82, 2.24) is 15.1 Å². The van der Waals surface area contributed by atoms with Gasteiger partial charge in [-0.15, -0.1) is 0 Å². The van der Waals surface area contributed by atoms with E-state index in [2.05, 4.69) is 15.1 Å². The number of non-ortho nitro benzene ring substituents is 1. The van der Waals surface area contributed by atoms with Crippen LogP contribution in [0.3, 0.4) is 0 Å². The summed E-state index contributed by atoms with van der Waals surface area (Å²) < 4.78 is 5.03. The third kappa shape index (κ3) is 2.72. The number of pyridine rings is 1. The number of hydrogen-bond acceptors (Lipinski definition) is 8. The fraction of sp³-hybridized carbons (Fsp3) is 0. The fourth-order valence-electron chi connectivity index (χ4n) is 1.91. The molecular formula is C13H7N5O5. The smallest absolute Gasteiger partial charge is 0.289 e. The second-order valence-electron chi connectivity index (χ2n) is 4.38. The van der Waals surface area contributed by atoms with Gasteiger partial charge in [-0.2, -0.15) is 4.98 Å². The van der Waals surface area contributed by atoms with Crippen LogP contribution in [-0.2, 0) is 0 Å². The van der Waals surface area contributed by atoms with Crippen molar-refractivity contribution in [3.8, 4) is 22.8 Å². The Labute approximate surface area is 127 Å². The lowest BCUT2D eigenvalue weighted by Crippen LogP contribution is -1.95. The molecule has 0 saturated carbocycles. The van der Waals surface area contributed by atoms with Crippen LogP contribution in [0.2, 0.25) is 0 Å². The molecule has 0 bridgehead atoms. The molecule has 10 nitrogen and oxygen atoms in total. The molecule has 23 heavy (non-hydrogen) atoms. The average molecular weight is 313 g/mol. The lowest BCUT2D eigenvalue weighted by molar-refractivity contribution is -0.393. The average Bonchev–Trinajstić information content (AvgIpc) is 3.04. The highest BCUT2D eigenvalue weighted by Crippen LogP contribution is 2.32. The van der Waals surface area contributed by atoms with E-state index in [1.54, 1.807) is 18.3 Å². The van der Waals surface area contributed by atoms with Crippen LogP contribution in [-0.4, -0.2) is 25.0 Å². The molecule has 2 aromatic heterocycles. The van der Waals surface area contributed by atoms with E-state index in [9.17, 15) is 20.2 Å². The molecule has 0 aliphatic carbocycles. The topological polar surface area (TPSA) is 138 Å². The maximum Gasteiger partial charge on any atom is 0.289 e. The van der Waals surface area contributed by atoms with E-state index in [0.717, 1.165) is 12.1 Å². The summed E-state index contributed by atoms with van der Waals surface area (Å²) in [4.78, 5) is 28.4. The van der Waals surface area contributed by atoms with Crippen molar-refractivity contribution in [3.63, 3.8) is 0 Å². The zero-order valence-corrected chi connectivity index (χ0v) is 11.3. The number of nitrogens with zero attached hydrogens (tertiary/aromatic N) is 5. The summed E-state index contributed by atoms with van der Waals surface area (Å²) in [6.45, 7) is 0. The maximum absolute atomic E-state index is 11.1. The number of hydrogen-bond donors (Lipinski definition) is 0. The number of benzene rings is 1. The van der Waals surface area contributed by atoms with Crippen molar-refractivity contribution in [2.75, 3.05) is 0 Å². The van der Waals surface area contributed by atoms with Gasteiger partial charge >= 0.3 is 0 Å². The largest absolute Gasteiger partial charge is 0.333 e. The molecule has 114 valence electrons. The Bertz CT molecular complexity index is 893. The Morgan fingerprint density at radius 1 is 1.09 bits per heavy atom. The van der Waals surface area contributed by atoms with Gasteiger partial charge in [0, 0.05) is 24.0 Å². The number of nitro groups is 2. The van der Waals surface area contributed by atoms with Crippen LogP contribution in [0.4, 0.5) is 11.4 Å². The highest BCUT2D eigenvalue weighted by molar-refractivity contribution is 5.70. The quantitative estimate of drug-likeness (QED) is 0.529. The van der Waals surface area contributed by atoms with Crippen molar-refractivity contribution >= 4 is 11.4 Å². The summed E-state index contributed by atoms with van der Waals surface area (Å²) in [5.74, 6) is 0.103. The van der Waals surface area contributed by atoms with Gasteiger partial charge < -0.3 is 4.52 Å². The van der Waals surface area contributed by atoms with Crippen molar-refractivity contribution in [2.45, 2.75) is 0 Å². The molecule has 10 heteroatoms. The van der Waals surface area contributed by atoms with Gasteiger partial charge in [-0.05, 0) is 18.2 Å². The molecule has 3 aromatic rings. The van der Waals surface area contributed by atoms with Crippen molar-refractivity contribution in [3.05, 3.63) is 63.0 Å². The van der Waals surface area contributed by atoms with Crippen LogP contribution in [0.15, 0.2) is 47.2 Å². The molecule has 3 rings (SSSR count). The summed E-state index contributed by atoms with van der Waals surface area (Å²) in [6.07, 6.45) is 3.09. The van der Waals surface area contributed by atoms with Crippen molar-refractivity contribution in [2.24, 2.45) is 0 Å². The lowest BCUT2D eigenvalue weighted by atomic mass is 10.1. The standard InChI is InChI=1S/C13H7N5O5/c19-17(20)9-3-4-10(11(6-9)18(21)22)13-15-12(16-23-13)8-2-1-5-14-7-8/h1-7H. The van der Waals surface area contributed by atoms with Gasteiger partial charge in [-0.1, -0.05) is 5.16 Å². The van der Waals surface area contributed by atoms with Crippen molar-refractivity contribution < 1.29 is 14.4 Å². The molecule has 2 heterocycles. The van der Waals surface area contributed by atoms with Crippen LogP contribution in [0.25, 0.3) is 22.8 Å². The Balaban J connectivity index is 2.07. The summed E-state index contributed by atoms with van der Waals surface area (Å²) in [5.41, 5.74) is -0.302.